The Labute approximate surface area is 124 Å². The predicted octanol–water partition coefficient (Wildman–Crippen LogP) is 2.89. The van der Waals surface area contributed by atoms with Gasteiger partial charge in [0.1, 0.15) is 12.5 Å². The van der Waals surface area contributed by atoms with Gasteiger partial charge in [0.05, 0.1) is 18.3 Å². The summed E-state index contributed by atoms with van der Waals surface area (Å²) < 4.78 is 23.2. The highest BCUT2D eigenvalue weighted by Crippen LogP contribution is 2.29. The quantitative estimate of drug-likeness (QED) is 0.736. The number of ether oxygens (including phenoxy) is 4. The average molecular weight is 291 g/mol. The minimum absolute atomic E-state index is 0.421. The SMILES string of the molecule is C=C(c1cc2cc(OC)ccc2n1COC)C(OC)OC. The summed E-state index contributed by atoms with van der Waals surface area (Å²) in [5, 5.41) is 1.05. The van der Waals surface area contributed by atoms with Crippen LogP contribution in [0.1, 0.15) is 5.69 Å². The zero-order valence-electron chi connectivity index (χ0n) is 12.9. The number of benzene rings is 1. The normalized spacial score (nSPS) is 11.3. The van der Waals surface area contributed by atoms with Gasteiger partial charge in [-0.15, -0.1) is 0 Å². The molecule has 0 unspecified atom stereocenters. The molecule has 0 radical (unpaired) electrons. The van der Waals surface area contributed by atoms with Crippen LogP contribution in [0.15, 0.2) is 30.8 Å². The number of rotatable bonds is 7. The maximum absolute atomic E-state index is 5.30. The van der Waals surface area contributed by atoms with E-state index in [9.17, 15) is 0 Å². The highest BCUT2D eigenvalue weighted by atomic mass is 16.7. The summed E-state index contributed by atoms with van der Waals surface area (Å²) in [6.45, 7) is 4.51. The molecule has 21 heavy (non-hydrogen) atoms. The molecule has 0 amide bonds. The summed E-state index contributed by atoms with van der Waals surface area (Å²) in [5.41, 5.74) is 2.70. The molecule has 0 N–H and O–H groups in total. The van der Waals surface area contributed by atoms with Gasteiger partial charge in [-0.2, -0.15) is 0 Å². The Kier molecular flexibility index (Phi) is 5.01. The molecular formula is C16H21NO4. The molecule has 2 aromatic rings. The highest BCUT2D eigenvalue weighted by Gasteiger charge is 2.18. The van der Waals surface area contributed by atoms with Gasteiger partial charge >= 0.3 is 0 Å². The third-order valence-corrected chi connectivity index (χ3v) is 3.41. The largest absolute Gasteiger partial charge is 0.497 e. The molecule has 0 atom stereocenters. The van der Waals surface area contributed by atoms with Gasteiger partial charge in [-0.1, -0.05) is 6.58 Å². The molecule has 0 saturated heterocycles. The van der Waals surface area contributed by atoms with Crippen molar-refractivity contribution in [1.82, 2.24) is 4.57 Å². The predicted molar refractivity (Wildman–Crippen MR) is 82.3 cm³/mol. The van der Waals surface area contributed by atoms with E-state index in [0.29, 0.717) is 6.73 Å². The van der Waals surface area contributed by atoms with E-state index >= 15 is 0 Å². The third kappa shape index (κ3) is 2.95. The van der Waals surface area contributed by atoms with E-state index in [1.807, 2.05) is 28.8 Å². The zero-order chi connectivity index (χ0) is 15.4. The van der Waals surface area contributed by atoms with Gasteiger partial charge in [-0.25, -0.2) is 0 Å². The second-order valence-corrected chi connectivity index (χ2v) is 4.63. The molecule has 0 saturated carbocycles. The van der Waals surface area contributed by atoms with Crippen LogP contribution in [0.4, 0.5) is 0 Å². The number of nitrogens with zero attached hydrogens (tertiary/aromatic N) is 1. The van der Waals surface area contributed by atoms with Crippen LogP contribution >= 0.6 is 0 Å². The van der Waals surface area contributed by atoms with Crippen molar-refractivity contribution in [3.8, 4) is 5.75 Å². The van der Waals surface area contributed by atoms with E-state index in [1.54, 1.807) is 28.4 Å². The first-order valence-electron chi connectivity index (χ1n) is 6.57. The Bertz CT molecular complexity index is 628. The molecule has 1 aromatic carbocycles. The molecule has 0 fully saturated rings. The Hall–Kier alpha value is -1.82. The summed E-state index contributed by atoms with van der Waals surface area (Å²) >= 11 is 0. The summed E-state index contributed by atoms with van der Waals surface area (Å²) in [4.78, 5) is 0. The summed E-state index contributed by atoms with van der Waals surface area (Å²) in [6, 6.07) is 7.93. The van der Waals surface area contributed by atoms with E-state index in [0.717, 1.165) is 27.9 Å². The van der Waals surface area contributed by atoms with Crippen molar-refractivity contribution in [3.63, 3.8) is 0 Å². The van der Waals surface area contributed by atoms with Gasteiger partial charge < -0.3 is 23.5 Å². The van der Waals surface area contributed by atoms with E-state index in [-0.39, 0.29) is 0 Å². The van der Waals surface area contributed by atoms with Crippen LogP contribution in [0.2, 0.25) is 0 Å². The van der Waals surface area contributed by atoms with Crippen molar-refractivity contribution in [2.45, 2.75) is 13.0 Å². The number of methoxy groups -OCH3 is 4. The maximum atomic E-state index is 5.30. The lowest BCUT2D eigenvalue weighted by molar-refractivity contribution is -0.0592. The van der Waals surface area contributed by atoms with Crippen LogP contribution in [0.5, 0.6) is 5.75 Å². The molecule has 0 aliphatic heterocycles. The van der Waals surface area contributed by atoms with Crippen molar-refractivity contribution in [1.29, 1.82) is 0 Å². The second-order valence-electron chi connectivity index (χ2n) is 4.63. The highest BCUT2D eigenvalue weighted by molar-refractivity contribution is 5.87. The minimum atomic E-state index is -0.494. The number of aromatic nitrogens is 1. The van der Waals surface area contributed by atoms with Crippen molar-refractivity contribution in [2.75, 3.05) is 28.4 Å². The van der Waals surface area contributed by atoms with Gasteiger partial charge in [0.15, 0.2) is 6.29 Å². The zero-order valence-corrected chi connectivity index (χ0v) is 12.9. The average Bonchev–Trinajstić information content (AvgIpc) is 2.86. The van der Waals surface area contributed by atoms with Crippen molar-refractivity contribution in [3.05, 3.63) is 36.5 Å². The van der Waals surface area contributed by atoms with Crippen molar-refractivity contribution >= 4 is 16.5 Å². The van der Waals surface area contributed by atoms with Crippen LogP contribution in [-0.2, 0) is 20.9 Å². The lowest BCUT2D eigenvalue weighted by Crippen LogP contribution is -2.17. The van der Waals surface area contributed by atoms with Crippen LogP contribution in [0.25, 0.3) is 16.5 Å². The van der Waals surface area contributed by atoms with Gasteiger partial charge in [0.25, 0.3) is 0 Å². The molecule has 0 spiro atoms. The summed E-state index contributed by atoms with van der Waals surface area (Å²) in [6.07, 6.45) is -0.494. The molecule has 0 aliphatic rings. The Morgan fingerprint density at radius 1 is 1.14 bits per heavy atom. The van der Waals surface area contributed by atoms with Gasteiger partial charge in [-0.3, -0.25) is 0 Å². The fourth-order valence-corrected chi connectivity index (χ4v) is 2.41. The third-order valence-electron chi connectivity index (χ3n) is 3.41. The van der Waals surface area contributed by atoms with Gasteiger partial charge in [-0.05, 0) is 24.3 Å². The molecule has 0 bridgehead atoms. The number of fused-ring (bicyclic) bond motifs is 1. The van der Waals surface area contributed by atoms with Crippen molar-refractivity contribution < 1.29 is 18.9 Å². The number of hydrogen-bond acceptors (Lipinski definition) is 4. The Morgan fingerprint density at radius 2 is 1.86 bits per heavy atom. The molecule has 5 nitrogen and oxygen atoms in total. The summed E-state index contributed by atoms with van der Waals surface area (Å²) in [7, 11) is 6.49. The Balaban J connectivity index is 2.55. The minimum Gasteiger partial charge on any atom is -0.497 e. The standard InChI is InChI=1S/C16H21NO4/c1-11(16(20-4)21-5)15-9-12-8-13(19-3)6-7-14(12)17(15)10-18-2/h6-9,16H,1,10H2,2-5H3. The first-order chi connectivity index (χ1) is 10.2. The van der Waals surface area contributed by atoms with Crippen LogP contribution in [-0.4, -0.2) is 39.3 Å². The Morgan fingerprint density at radius 3 is 2.43 bits per heavy atom. The summed E-state index contributed by atoms with van der Waals surface area (Å²) in [5.74, 6) is 0.810. The van der Waals surface area contributed by atoms with E-state index in [4.69, 9.17) is 18.9 Å². The second kappa shape index (κ2) is 6.76. The van der Waals surface area contributed by atoms with Crippen LogP contribution < -0.4 is 4.74 Å². The topological polar surface area (TPSA) is 41.9 Å². The fraction of sp³-hybridized carbons (Fsp3) is 0.375. The van der Waals surface area contributed by atoms with Crippen LogP contribution in [0, 0.1) is 0 Å². The van der Waals surface area contributed by atoms with Gasteiger partial charge in [0.2, 0.25) is 0 Å². The molecule has 2 rings (SSSR count). The van der Waals surface area contributed by atoms with Crippen LogP contribution in [0.3, 0.4) is 0 Å². The maximum Gasteiger partial charge on any atom is 0.184 e. The molecule has 114 valence electrons. The number of hydrogen-bond donors (Lipinski definition) is 0. The van der Waals surface area contributed by atoms with E-state index in [1.165, 1.54) is 0 Å². The first kappa shape index (κ1) is 15.6. The van der Waals surface area contributed by atoms with Crippen molar-refractivity contribution in [2.24, 2.45) is 0 Å². The molecule has 0 aliphatic carbocycles. The lowest BCUT2D eigenvalue weighted by Gasteiger charge is -2.18. The van der Waals surface area contributed by atoms with E-state index in [2.05, 4.69) is 6.58 Å². The van der Waals surface area contributed by atoms with E-state index < -0.39 is 6.29 Å². The fourth-order valence-electron chi connectivity index (χ4n) is 2.41. The molecule has 5 heteroatoms. The lowest BCUT2D eigenvalue weighted by atomic mass is 10.2. The smallest absolute Gasteiger partial charge is 0.184 e. The monoisotopic (exact) mass is 291 g/mol. The molecular weight excluding hydrogens is 270 g/mol. The van der Waals surface area contributed by atoms with Gasteiger partial charge in [0, 0.05) is 32.3 Å². The first-order valence-corrected chi connectivity index (χ1v) is 6.57. The molecule has 1 aromatic heterocycles. The molecule has 1 heterocycles.